The van der Waals surface area contributed by atoms with E-state index in [1.165, 1.54) is 7.11 Å². The average molecular weight is 488 g/mol. The van der Waals surface area contributed by atoms with Gasteiger partial charge < -0.3 is 10.1 Å². The van der Waals surface area contributed by atoms with Crippen molar-refractivity contribution in [2.75, 3.05) is 29.5 Å². The topological polar surface area (TPSA) is 75.7 Å². The summed E-state index contributed by atoms with van der Waals surface area (Å²) >= 11 is 2.19. The van der Waals surface area contributed by atoms with E-state index in [0.717, 1.165) is 25.3 Å². The number of halogens is 1. The lowest BCUT2D eigenvalue weighted by Gasteiger charge is -2.24. The molecule has 2 aromatic carbocycles. The van der Waals surface area contributed by atoms with E-state index in [0.29, 0.717) is 17.1 Å². The van der Waals surface area contributed by atoms with E-state index in [1.807, 2.05) is 32.0 Å². The Bertz CT molecular complexity index is 929. The molecule has 0 aromatic heterocycles. The number of methoxy groups -OCH3 is 1. The smallest absolute Gasteiger partial charge is 0.245 e. The Labute approximate surface area is 167 Å². The van der Waals surface area contributed by atoms with Crippen molar-refractivity contribution in [1.29, 1.82) is 0 Å². The van der Waals surface area contributed by atoms with E-state index < -0.39 is 15.9 Å². The number of benzene rings is 2. The Morgan fingerprint density at radius 2 is 1.88 bits per heavy atom. The first-order valence-corrected chi connectivity index (χ1v) is 10.7. The molecule has 1 N–H and O–H groups in total. The molecule has 1 amide bonds. The molecule has 0 atom stereocenters. The minimum absolute atomic E-state index is 0.337. The van der Waals surface area contributed by atoms with Gasteiger partial charge in [-0.15, -0.1) is 0 Å². The van der Waals surface area contributed by atoms with Crippen molar-refractivity contribution in [3.8, 4) is 5.75 Å². The summed E-state index contributed by atoms with van der Waals surface area (Å²) in [4.78, 5) is 12.5. The predicted octanol–water partition coefficient (Wildman–Crippen LogP) is 3.32. The highest BCUT2D eigenvalue weighted by Crippen LogP contribution is 2.31. The van der Waals surface area contributed by atoms with Crippen LogP contribution < -0.4 is 14.4 Å². The van der Waals surface area contributed by atoms with E-state index in [2.05, 4.69) is 27.9 Å². The lowest BCUT2D eigenvalue weighted by Crippen LogP contribution is -2.37. The number of sulfonamides is 1. The molecule has 0 unspecified atom stereocenters. The lowest BCUT2D eigenvalue weighted by atomic mass is 10.2. The maximum Gasteiger partial charge on any atom is 0.245 e. The molecule has 8 heteroatoms. The molecule has 0 radical (unpaired) electrons. The maximum absolute atomic E-state index is 12.5. The summed E-state index contributed by atoms with van der Waals surface area (Å²) in [5, 5.41) is 2.77. The molecule has 140 valence electrons. The Hall–Kier alpha value is -1.81. The van der Waals surface area contributed by atoms with Crippen molar-refractivity contribution in [2.45, 2.75) is 13.8 Å². The molecular weight excluding hydrogens is 467 g/mol. The first kappa shape index (κ1) is 20.5. The molecule has 26 heavy (non-hydrogen) atoms. The second kappa shape index (κ2) is 8.26. The number of ether oxygens (including phenoxy) is 1. The highest BCUT2D eigenvalue weighted by Gasteiger charge is 2.24. The average Bonchev–Trinajstić information content (AvgIpc) is 2.54. The van der Waals surface area contributed by atoms with Crippen LogP contribution in [-0.4, -0.2) is 34.2 Å². The molecule has 0 aliphatic heterocycles. The molecule has 0 aliphatic carbocycles. The lowest BCUT2D eigenvalue weighted by molar-refractivity contribution is -0.114. The number of anilines is 2. The van der Waals surface area contributed by atoms with Gasteiger partial charge in [0.15, 0.2) is 0 Å². The number of amides is 1. The van der Waals surface area contributed by atoms with Crippen LogP contribution in [0.3, 0.4) is 0 Å². The molecule has 0 heterocycles. The van der Waals surface area contributed by atoms with Gasteiger partial charge in [-0.3, -0.25) is 9.10 Å². The normalized spacial score (nSPS) is 11.1. The minimum Gasteiger partial charge on any atom is -0.495 e. The van der Waals surface area contributed by atoms with Gasteiger partial charge in [0, 0.05) is 9.26 Å². The summed E-state index contributed by atoms with van der Waals surface area (Å²) in [6.07, 6.45) is 1.07. The molecule has 0 fully saturated rings. The number of hydrogen-bond donors (Lipinski definition) is 1. The van der Waals surface area contributed by atoms with Crippen molar-refractivity contribution in [2.24, 2.45) is 0 Å². The minimum atomic E-state index is -3.68. The molecule has 2 aromatic rings. The van der Waals surface area contributed by atoms with Gasteiger partial charge >= 0.3 is 0 Å². The summed E-state index contributed by atoms with van der Waals surface area (Å²) in [5.41, 5.74) is 2.76. The number of carbonyl (C=O) groups is 1. The molecule has 0 aliphatic rings. The van der Waals surface area contributed by atoms with Gasteiger partial charge in [-0.25, -0.2) is 8.42 Å². The van der Waals surface area contributed by atoms with E-state index in [9.17, 15) is 13.2 Å². The van der Waals surface area contributed by atoms with Crippen molar-refractivity contribution < 1.29 is 17.9 Å². The second-order valence-electron chi connectivity index (χ2n) is 5.95. The summed E-state index contributed by atoms with van der Waals surface area (Å²) in [7, 11) is -2.22. The predicted molar refractivity (Wildman–Crippen MR) is 112 cm³/mol. The Kier molecular flexibility index (Phi) is 6.51. The van der Waals surface area contributed by atoms with Gasteiger partial charge in [0.05, 0.1) is 19.1 Å². The molecule has 0 spiro atoms. The number of hydrogen-bond acceptors (Lipinski definition) is 4. The van der Waals surface area contributed by atoms with Crippen molar-refractivity contribution >= 4 is 49.9 Å². The number of nitrogens with zero attached hydrogens (tertiary/aromatic N) is 1. The maximum atomic E-state index is 12.5. The molecule has 0 saturated heterocycles. The highest BCUT2D eigenvalue weighted by molar-refractivity contribution is 14.1. The van der Waals surface area contributed by atoms with Gasteiger partial charge in [0.2, 0.25) is 15.9 Å². The first-order valence-electron chi connectivity index (χ1n) is 7.80. The fourth-order valence-electron chi connectivity index (χ4n) is 2.46. The van der Waals surface area contributed by atoms with Gasteiger partial charge in [-0.1, -0.05) is 6.07 Å². The standard InChI is InChI=1S/C18H21IN2O4S/c1-12-5-8-17(25-3)16(9-12)21(26(4,23)24)11-18(22)20-15-7-6-14(19)10-13(15)2/h5-10H,11H2,1-4H3,(H,20,22). The molecule has 0 bridgehead atoms. The number of nitrogens with one attached hydrogen (secondary N) is 1. The van der Waals surface area contributed by atoms with Gasteiger partial charge in [-0.05, 0) is 77.9 Å². The van der Waals surface area contributed by atoms with Crippen molar-refractivity contribution in [3.63, 3.8) is 0 Å². The van der Waals surface area contributed by atoms with Crippen LogP contribution in [-0.2, 0) is 14.8 Å². The van der Waals surface area contributed by atoms with Crippen molar-refractivity contribution in [3.05, 3.63) is 51.1 Å². The molecular formula is C18H21IN2O4S. The first-order chi connectivity index (χ1) is 12.1. The number of rotatable bonds is 6. The Balaban J connectivity index is 2.32. The summed E-state index contributed by atoms with van der Waals surface area (Å²) in [5.74, 6) is -0.0393. The fraction of sp³-hybridized carbons (Fsp3) is 0.278. The van der Waals surface area contributed by atoms with Crippen LogP contribution in [0.1, 0.15) is 11.1 Å². The molecule has 0 saturated carbocycles. The largest absolute Gasteiger partial charge is 0.495 e. The second-order valence-corrected chi connectivity index (χ2v) is 9.10. The SMILES string of the molecule is COc1ccc(C)cc1N(CC(=O)Nc1ccc(I)cc1C)S(C)(=O)=O. The van der Waals surface area contributed by atoms with E-state index in [-0.39, 0.29) is 6.54 Å². The van der Waals surface area contributed by atoms with Gasteiger partial charge in [0.25, 0.3) is 0 Å². The zero-order chi connectivity index (χ0) is 19.5. The molecule has 2 rings (SSSR count). The quantitative estimate of drug-likeness (QED) is 0.634. The van der Waals surface area contributed by atoms with Crippen LogP contribution in [0.4, 0.5) is 11.4 Å². The summed E-state index contributed by atoms with van der Waals surface area (Å²) in [6, 6.07) is 10.8. The van der Waals surface area contributed by atoms with Crippen LogP contribution in [0.2, 0.25) is 0 Å². The monoisotopic (exact) mass is 488 g/mol. The van der Waals surface area contributed by atoms with Crippen LogP contribution in [0.5, 0.6) is 5.75 Å². The summed E-state index contributed by atoms with van der Waals surface area (Å²) < 4.78 is 32.0. The fourth-order valence-corrected chi connectivity index (χ4v) is 3.96. The van der Waals surface area contributed by atoms with Crippen LogP contribution >= 0.6 is 22.6 Å². The Morgan fingerprint density at radius 3 is 2.46 bits per heavy atom. The highest BCUT2D eigenvalue weighted by atomic mass is 127. The van der Waals surface area contributed by atoms with E-state index in [4.69, 9.17) is 4.74 Å². The number of carbonyl (C=O) groups excluding carboxylic acids is 1. The third-order valence-corrected chi connectivity index (χ3v) is 5.55. The van der Waals surface area contributed by atoms with Gasteiger partial charge in [0.1, 0.15) is 12.3 Å². The molecule has 6 nitrogen and oxygen atoms in total. The third-order valence-electron chi connectivity index (χ3n) is 3.75. The summed E-state index contributed by atoms with van der Waals surface area (Å²) in [6.45, 7) is 3.39. The van der Waals surface area contributed by atoms with Gasteiger partial charge in [-0.2, -0.15) is 0 Å². The zero-order valence-electron chi connectivity index (χ0n) is 15.0. The van der Waals surface area contributed by atoms with Crippen LogP contribution in [0.15, 0.2) is 36.4 Å². The van der Waals surface area contributed by atoms with E-state index in [1.54, 1.807) is 18.2 Å². The Morgan fingerprint density at radius 1 is 1.19 bits per heavy atom. The third kappa shape index (κ3) is 5.10. The van der Waals surface area contributed by atoms with Crippen LogP contribution in [0.25, 0.3) is 0 Å². The zero-order valence-corrected chi connectivity index (χ0v) is 18.0. The van der Waals surface area contributed by atoms with E-state index >= 15 is 0 Å². The van der Waals surface area contributed by atoms with Crippen LogP contribution in [0, 0.1) is 17.4 Å². The van der Waals surface area contributed by atoms with Crippen molar-refractivity contribution in [1.82, 2.24) is 0 Å². The number of aryl methyl sites for hydroxylation is 2.